The number of anilines is 1. The molecule has 0 aromatic carbocycles. The number of carboxylic acids is 1. The van der Waals surface area contributed by atoms with Crippen LogP contribution in [0.3, 0.4) is 0 Å². The van der Waals surface area contributed by atoms with Crippen molar-refractivity contribution in [3.05, 3.63) is 12.4 Å². The van der Waals surface area contributed by atoms with Gasteiger partial charge in [0, 0.05) is 12.1 Å². The molecule has 0 atom stereocenters. The maximum Gasteiger partial charge on any atom is 0.323 e. The molecule has 6 nitrogen and oxygen atoms in total. The van der Waals surface area contributed by atoms with Crippen LogP contribution in [-0.4, -0.2) is 40.2 Å². The van der Waals surface area contributed by atoms with Crippen LogP contribution < -0.4 is 9.64 Å². The Kier molecular flexibility index (Phi) is 4.68. The molecule has 0 radical (unpaired) electrons. The first-order valence-corrected chi connectivity index (χ1v) is 5.47. The van der Waals surface area contributed by atoms with Crippen molar-refractivity contribution < 1.29 is 14.6 Å². The van der Waals surface area contributed by atoms with Gasteiger partial charge in [0.15, 0.2) is 0 Å². The summed E-state index contributed by atoms with van der Waals surface area (Å²) in [5.41, 5.74) is 0. The molecule has 6 heteroatoms. The maximum absolute atomic E-state index is 10.8. The number of hydrogen-bond acceptors (Lipinski definition) is 5. The molecule has 94 valence electrons. The van der Waals surface area contributed by atoms with Gasteiger partial charge in [0.25, 0.3) is 0 Å². The molecule has 0 fully saturated rings. The highest BCUT2D eigenvalue weighted by Gasteiger charge is 2.16. The van der Waals surface area contributed by atoms with E-state index in [4.69, 9.17) is 9.84 Å². The third kappa shape index (κ3) is 3.90. The topological polar surface area (TPSA) is 75.5 Å². The van der Waals surface area contributed by atoms with Crippen molar-refractivity contribution in [2.24, 2.45) is 0 Å². The summed E-state index contributed by atoms with van der Waals surface area (Å²) in [5.74, 6) is 0.115. The summed E-state index contributed by atoms with van der Waals surface area (Å²) >= 11 is 0. The minimum atomic E-state index is -0.893. The fourth-order valence-corrected chi connectivity index (χ4v) is 1.39. The first-order valence-electron chi connectivity index (χ1n) is 5.47. The molecule has 0 aliphatic carbocycles. The second kappa shape index (κ2) is 6.03. The molecule has 0 aliphatic heterocycles. The van der Waals surface area contributed by atoms with Crippen LogP contribution in [0.2, 0.25) is 0 Å². The molecule has 1 rings (SSSR count). The Bertz CT molecular complexity index is 382. The van der Waals surface area contributed by atoms with Gasteiger partial charge in [-0.3, -0.25) is 4.79 Å². The summed E-state index contributed by atoms with van der Waals surface area (Å²) in [6.45, 7) is 6.09. The Labute approximate surface area is 100 Å². The number of carboxylic acid groups (broad SMARTS) is 1. The number of hydrogen-bond donors (Lipinski definition) is 1. The molecule has 0 saturated carbocycles. The number of aromatic nitrogens is 2. The van der Waals surface area contributed by atoms with Crippen molar-refractivity contribution >= 4 is 11.8 Å². The molecule has 1 aromatic rings. The van der Waals surface area contributed by atoms with E-state index in [2.05, 4.69) is 9.97 Å². The highest BCUT2D eigenvalue weighted by atomic mass is 16.5. The van der Waals surface area contributed by atoms with E-state index in [9.17, 15) is 4.79 Å². The third-order valence-electron chi connectivity index (χ3n) is 2.14. The number of aliphatic carboxylic acids is 1. The monoisotopic (exact) mass is 239 g/mol. The van der Waals surface area contributed by atoms with E-state index in [1.807, 2.05) is 20.8 Å². The van der Waals surface area contributed by atoms with E-state index < -0.39 is 5.97 Å². The number of rotatable bonds is 6. The van der Waals surface area contributed by atoms with Crippen LogP contribution in [0.4, 0.5) is 5.82 Å². The maximum atomic E-state index is 10.8. The fourth-order valence-electron chi connectivity index (χ4n) is 1.39. The summed E-state index contributed by atoms with van der Waals surface area (Å²) in [6, 6.07) is 1.68. The van der Waals surface area contributed by atoms with Crippen LogP contribution in [0.25, 0.3) is 0 Å². The van der Waals surface area contributed by atoms with Gasteiger partial charge < -0.3 is 14.7 Å². The SMILES string of the molecule is CCOc1cc(N(CC(=O)O)C(C)C)ncn1. The molecule has 0 aliphatic rings. The summed E-state index contributed by atoms with van der Waals surface area (Å²) in [5, 5.41) is 8.85. The summed E-state index contributed by atoms with van der Waals surface area (Å²) in [7, 11) is 0. The highest BCUT2D eigenvalue weighted by Crippen LogP contribution is 2.17. The Hall–Kier alpha value is -1.85. The minimum Gasteiger partial charge on any atom is -0.480 e. The van der Waals surface area contributed by atoms with Crippen LogP contribution >= 0.6 is 0 Å². The van der Waals surface area contributed by atoms with Gasteiger partial charge in [-0.2, -0.15) is 0 Å². The smallest absolute Gasteiger partial charge is 0.323 e. The first-order chi connectivity index (χ1) is 8.04. The minimum absolute atomic E-state index is 0.0375. The predicted octanol–water partition coefficient (Wildman–Crippen LogP) is 1.17. The van der Waals surface area contributed by atoms with Crippen LogP contribution in [0, 0.1) is 0 Å². The lowest BCUT2D eigenvalue weighted by Gasteiger charge is -2.25. The second-order valence-electron chi connectivity index (χ2n) is 3.76. The van der Waals surface area contributed by atoms with Gasteiger partial charge in [-0.15, -0.1) is 0 Å². The Morgan fingerprint density at radius 3 is 2.76 bits per heavy atom. The lowest BCUT2D eigenvalue weighted by Crippen LogP contribution is -2.36. The standard InChI is InChI=1S/C11H17N3O3/c1-4-17-10-5-9(12-7-13-10)14(8(2)3)6-11(15)16/h5,7-8H,4,6H2,1-3H3,(H,15,16). The molecule has 1 heterocycles. The van der Waals surface area contributed by atoms with Gasteiger partial charge >= 0.3 is 5.97 Å². The van der Waals surface area contributed by atoms with E-state index in [0.29, 0.717) is 18.3 Å². The number of ether oxygens (including phenoxy) is 1. The predicted molar refractivity (Wildman–Crippen MR) is 63.3 cm³/mol. The van der Waals surface area contributed by atoms with Crippen molar-refractivity contribution in [2.75, 3.05) is 18.1 Å². The normalized spacial score (nSPS) is 10.4. The Morgan fingerprint density at radius 1 is 1.53 bits per heavy atom. The van der Waals surface area contributed by atoms with Crippen LogP contribution in [-0.2, 0) is 4.79 Å². The van der Waals surface area contributed by atoms with Gasteiger partial charge in [0.1, 0.15) is 18.7 Å². The number of nitrogens with zero attached hydrogens (tertiary/aromatic N) is 3. The summed E-state index contributed by atoms with van der Waals surface area (Å²) in [6.07, 6.45) is 1.37. The summed E-state index contributed by atoms with van der Waals surface area (Å²) in [4.78, 5) is 20.5. The lowest BCUT2D eigenvalue weighted by atomic mass is 10.3. The van der Waals surface area contributed by atoms with Gasteiger partial charge in [-0.25, -0.2) is 9.97 Å². The molecular weight excluding hydrogens is 222 g/mol. The van der Waals surface area contributed by atoms with Crippen molar-refractivity contribution in [1.82, 2.24) is 9.97 Å². The zero-order valence-electron chi connectivity index (χ0n) is 10.3. The van der Waals surface area contributed by atoms with E-state index in [1.54, 1.807) is 11.0 Å². The molecule has 0 unspecified atom stereocenters. The molecule has 0 spiro atoms. The molecule has 0 bridgehead atoms. The van der Waals surface area contributed by atoms with Crippen molar-refractivity contribution in [3.8, 4) is 5.88 Å². The van der Waals surface area contributed by atoms with E-state index in [1.165, 1.54) is 6.33 Å². The quantitative estimate of drug-likeness (QED) is 0.803. The lowest BCUT2D eigenvalue weighted by molar-refractivity contribution is -0.135. The zero-order chi connectivity index (χ0) is 12.8. The zero-order valence-corrected chi connectivity index (χ0v) is 10.3. The molecule has 0 amide bonds. The van der Waals surface area contributed by atoms with Crippen LogP contribution in [0.1, 0.15) is 20.8 Å². The van der Waals surface area contributed by atoms with Gasteiger partial charge in [0.05, 0.1) is 6.61 Å². The van der Waals surface area contributed by atoms with Gasteiger partial charge in [-0.05, 0) is 20.8 Å². The third-order valence-corrected chi connectivity index (χ3v) is 2.14. The van der Waals surface area contributed by atoms with Crippen LogP contribution in [0.5, 0.6) is 5.88 Å². The first kappa shape index (κ1) is 13.2. The van der Waals surface area contributed by atoms with E-state index in [0.717, 1.165) is 0 Å². The molecule has 1 N–H and O–H groups in total. The average molecular weight is 239 g/mol. The summed E-state index contributed by atoms with van der Waals surface area (Å²) < 4.78 is 5.26. The van der Waals surface area contributed by atoms with E-state index >= 15 is 0 Å². The largest absolute Gasteiger partial charge is 0.480 e. The van der Waals surface area contributed by atoms with E-state index in [-0.39, 0.29) is 12.6 Å². The molecule has 0 saturated heterocycles. The van der Waals surface area contributed by atoms with Gasteiger partial charge in [0.2, 0.25) is 5.88 Å². The highest BCUT2D eigenvalue weighted by molar-refractivity contribution is 5.73. The molecule has 1 aromatic heterocycles. The van der Waals surface area contributed by atoms with Crippen molar-refractivity contribution in [3.63, 3.8) is 0 Å². The average Bonchev–Trinajstić information content (AvgIpc) is 2.26. The second-order valence-corrected chi connectivity index (χ2v) is 3.76. The Morgan fingerprint density at radius 2 is 2.24 bits per heavy atom. The number of carbonyl (C=O) groups is 1. The van der Waals surface area contributed by atoms with Gasteiger partial charge in [-0.1, -0.05) is 0 Å². The van der Waals surface area contributed by atoms with Crippen molar-refractivity contribution in [1.29, 1.82) is 0 Å². The van der Waals surface area contributed by atoms with Crippen LogP contribution in [0.15, 0.2) is 12.4 Å². The van der Waals surface area contributed by atoms with Crippen molar-refractivity contribution in [2.45, 2.75) is 26.8 Å². The molecule has 17 heavy (non-hydrogen) atoms. The fraction of sp³-hybridized carbons (Fsp3) is 0.545. The molecular formula is C11H17N3O3. The Balaban J connectivity index is 2.93.